The topological polar surface area (TPSA) is 197 Å². The average Bonchev–Trinajstić information content (AvgIpc) is 3.68. The van der Waals surface area contributed by atoms with Crippen molar-refractivity contribution in [1.29, 1.82) is 0 Å². The van der Waals surface area contributed by atoms with Gasteiger partial charge in [-0.2, -0.15) is 0 Å². The first-order valence-electron chi connectivity index (χ1n) is 17.9. The number of fused-ring (bicyclic) bond motifs is 3. The maximum atomic E-state index is 13.5. The highest BCUT2D eigenvalue weighted by Gasteiger charge is 2.42. The minimum atomic E-state index is -0.834. The number of amides is 4. The number of imidazole rings is 1. The fourth-order valence-corrected chi connectivity index (χ4v) is 6.30. The van der Waals surface area contributed by atoms with Crippen LogP contribution in [0.3, 0.4) is 0 Å². The number of primary amides is 1. The number of nitrogens with zero attached hydrogens (tertiary/aromatic N) is 4. The molecule has 5 rings (SSSR count). The van der Waals surface area contributed by atoms with Gasteiger partial charge >= 0.3 is 6.09 Å². The zero-order chi connectivity index (χ0) is 37.4. The fourth-order valence-electron chi connectivity index (χ4n) is 6.30. The lowest BCUT2D eigenvalue weighted by Crippen LogP contribution is -2.47. The van der Waals surface area contributed by atoms with Gasteiger partial charge in [0.05, 0.1) is 24.2 Å². The summed E-state index contributed by atoms with van der Waals surface area (Å²) in [5, 5.41) is 6.87. The Balaban J connectivity index is 1.24. The van der Waals surface area contributed by atoms with Crippen molar-refractivity contribution < 1.29 is 28.7 Å². The molecule has 1 aliphatic rings. The number of anilines is 1. The second-order valence-electron chi connectivity index (χ2n) is 14.2. The lowest BCUT2D eigenvalue weighted by Gasteiger charge is -2.28. The lowest BCUT2D eigenvalue weighted by molar-refractivity contribution is -0.126. The van der Waals surface area contributed by atoms with E-state index in [1.165, 1.54) is 4.90 Å². The van der Waals surface area contributed by atoms with Crippen molar-refractivity contribution in [2.24, 2.45) is 5.73 Å². The van der Waals surface area contributed by atoms with Crippen LogP contribution < -0.4 is 22.1 Å². The molecular formula is C38H50N8O6. The second-order valence-corrected chi connectivity index (χ2v) is 14.2. The summed E-state index contributed by atoms with van der Waals surface area (Å²) in [7, 11) is 0. The highest BCUT2D eigenvalue weighted by Crippen LogP contribution is 2.30. The largest absolute Gasteiger partial charge is 0.444 e. The number of nitrogens with two attached hydrogens (primary N) is 2. The number of carbonyl (C=O) groups is 4. The third kappa shape index (κ3) is 9.75. The third-order valence-electron chi connectivity index (χ3n) is 8.84. The van der Waals surface area contributed by atoms with Crippen molar-refractivity contribution >= 4 is 51.6 Å². The van der Waals surface area contributed by atoms with Gasteiger partial charge in [0.15, 0.2) is 5.82 Å². The number of likely N-dealkylation sites (tertiary alicyclic amines) is 1. The van der Waals surface area contributed by atoms with E-state index in [1.54, 1.807) is 20.8 Å². The molecule has 1 fully saturated rings. The van der Waals surface area contributed by atoms with Gasteiger partial charge in [0.1, 0.15) is 23.0 Å². The Labute approximate surface area is 303 Å². The van der Waals surface area contributed by atoms with Gasteiger partial charge in [-0.15, -0.1) is 0 Å². The number of aromatic nitrogens is 3. The van der Waals surface area contributed by atoms with Crippen LogP contribution in [0.2, 0.25) is 0 Å². The zero-order valence-corrected chi connectivity index (χ0v) is 30.4. The molecule has 6 N–H and O–H groups in total. The molecule has 0 spiro atoms. The quantitative estimate of drug-likeness (QED) is 0.132. The van der Waals surface area contributed by atoms with E-state index >= 15 is 0 Å². The predicted molar refractivity (Wildman–Crippen MR) is 198 cm³/mol. The number of ether oxygens (including phenoxy) is 2. The standard InChI is InChI=1S/C38H50N8O6/c1-5-6-11-31-44-33-34(27-9-7-8-10-28(27)43-35(33)40)46(31)22-25-14-12-24(13-15-25)21-41-36(49)29-20-26(23-45(29)37(50)52-38(2,3)4)42-32(48)17-19-51-18-16-30(39)47/h7-10,12-15,26,29H,5-6,11,16-23H2,1-4H3,(H2,39,47)(H2,40,43)(H,41,49)(H,42,48)/t26-,29+/m1/s1. The molecule has 0 unspecified atom stereocenters. The van der Waals surface area contributed by atoms with Gasteiger partial charge in [0, 0.05) is 50.3 Å². The number of pyridine rings is 1. The molecular weight excluding hydrogens is 664 g/mol. The Morgan fingerprint density at radius 3 is 2.40 bits per heavy atom. The SMILES string of the molecule is CCCCc1nc2c(N)nc3ccccc3c2n1Cc1ccc(CNC(=O)[C@@H]2C[C@@H](NC(=O)CCOCCC(N)=O)CN2C(=O)OC(C)(C)C)cc1. The summed E-state index contributed by atoms with van der Waals surface area (Å²) in [4.78, 5) is 61.0. The Bertz CT molecular complexity index is 1900. The minimum absolute atomic E-state index is 0.0630. The molecule has 2 aromatic carbocycles. The molecule has 3 heterocycles. The molecule has 0 bridgehead atoms. The Kier molecular flexibility index (Phi) is 12.3. The van der Waals surface area contributed by atoms with Crippen LogP contribution in [0.5, 0.6) is 0 Å². The lowest BCUT2D eigenvalue weighted by atomic mass is 10.1. The second kappa shape index (κ2) is 16.9. The van der Waals surface area contributed by atoms with E-state index in [-0.39, 0.29) is 57.4 Å². The van der Waals surface area contributed by atoms with E-state index in [2.05, 4.69) is 27.1 Å². The number of para-hydroxylation sites is 1. The summed E-state index contributed by atoms with van der Waals surface area (Å²) in [6.07, 6.45) is 2.60. The number of hydrogen-bond acceptors (Lipinski definition) is 9. The van der Waals surface area contributed by atoms with E-state index in [1.807, 2.05) is 48.5 Å². The smallest absolute Gasteiger partial charge is 0.411 e. The van der Waals surface area contributed by atoms with Crippen LogP contribution in [-0.4, -0.2) is 80.7 Å². The highest BCUT2D eigenvalue weighted by molar-refractivity contribution is 6.06. The monoisotopic (exact) mass is 714 g/mol. The minimum Gasteiger partial charge on any atom is -0.444 e. The van der Waals surface area contributed by atoms with E-state index < -0.39 is 29.7 Å². The van der Waals surface area contributed by atoms with Crippen LogP contribution in [0.15, 0.2) is 48.5 Å². The summed E-state index contributed by atoms with van der Waals surface area (Å²) in [6, 6.07) is 14.7. The molecule has 52 heavy (non-hydrogen) atoms. The number of nitrogens with one attached hydrogen (secondary N) is 2. The molecule has 0 radical (unpaired) electrons. The Morgan fingerprint density at radius 1 is 0.981 bits per heavy atom. The normalized spacial score (nSPS) is 16.0. The summed E-state index contributed by atoms with van der Waals surface area (Å²) in [5.74, 6) is 0.273. The molecule has 278 valence electrons. The summed E-state index contributed by atoms with van der Waals surface area (Å²) in [5.41, 5.74) is 15.2. The molecule has 2 aromatic heterocycles. The van der Waals surface area contributed by atoms with Crippen LogP contribution in [0.25, 0.3) is 21.9 Å². The van der Waals surface area contributed by atoms with Gasteiger partial charge in [-0.1, -0.05) is 55.8 Å². The number of hydrogen-bond donors (Lipinski definition) is 4. The molecule has 0 aliphatic carbocycles. The molecule has 2 atom stereocenters. The number of rotatable bonds is 15. The molecule has 14 heteroatoms. The van der Waals surface area contributed by atoms with Crippen molar-refractivity contribution in [3.05, 3.63) is 65.5 Å². The summed E-state index contributed by atoms with van der Waals surface area (Å²) < 4.78 is 13.1. The maximum absolute atomic E-state index is 13.5. The van der Waals surface area contributed by atoms with Crippen LogP contribution in [0.1, 0.15) is 76.8 Å². The van der Waals surface area contributed by atoms with Gasteiger partial charge in [-0.05, 0) is 50.8 Å². The number of benzene rings is 2. The molecule has 1 saturated heterocycles. The molecule has 4 aromatic rings. The van der Waals surface area contributed by atoms with E-state index in [9.17, 15) is 19.2 Å². The number of unbranched alkanes of at least 4 members (excludes halogenated alkanes) is 1. The number of carbonyl (C=O) groups excluding carboxylic acids is 4. The molecule has 0 saturated carbocycles. The van der Waals surface area contributed by atoms with Gasteiger partial charge in [0.25, 0.3) is 0 Å². The van der Waals surface area contributed by atoms with Gasteiger partial charge in [0.2, 0.25) is 17.7 Å². The van der Waals surface area contributed by atoms with Gasteiger partial charge < -0.3 is 36.1 Å². The van der Waals surface area contributed by atoms with E-state index in [4.69, 9.17) is 25.9 Å². The highest BCUT2D eigenvalue weighted by atomic mass is 16.6. The zero-order valence-electron chi connectivity index (χ0n) is 30.4. The van der Waals surface area contributed by atoms with Crippen molar-refractivity contribution in [2.75, 3.05) is 25.5 Å². The fraction of sp³-hybridized carbons (Fsp3) is 0.474. The van der Waals surface area contributed by atoms with Crippen LogP contribution in [0.4, 0.5) is 10.6 Å². The number of aryl methyl sites for hydroxylation is 1. The molecule has 4 amide bonds. The summed E-state index contributed by atoms with van der Waals surface area (Å²) in [6.45, 7) is 8.64. The van der Waals surface area contributed by atoms with Gasteiger partial charge in [-0.25, -0.2) is 14.8 Å². The Hall–Kier alpha value is -5.24. The average molecular weight is 715 g/mol. The van der Waals surface area contributed by atoms with Crippen molar-refractivity contribution in [3.8, 4) is 0 Å². The van der Waals surface area contributed by atoms with Crippen molar-refractivity contribution in [2.45, 2.75) is 97.0 Å². The summed E-state index contributed by atoms with van der Waals surface area (Å²) >= 11 is 0. The van der Waals surface area contributed by atoms with Crippen molar-refractivity contribution in [3.63, 3.8) is 0 Å². The molecule has 14 nitrogen and oxygen atoms in total. The van der Waals surface area contributed by atoms with Crippen molar-refractivity contribution in [1.82, 2.24) is 30.1 Å². The predicted octanol–water partition coefficient (Wildman–Crippen LogP) is 3.95. The molecule has 1 aliphatic heterocycles. The first-order valence-corrected chi connectivity index (χ1v) is 17.9. The van der Waals surface area contributed by atoms with Crippen LogP contribution in [0, 0.1) is 0 Å². The Morgan fingerprint density at radius 2 is 1.69 bits per heavy atom. The van der Waals surface area contributed by atoms with E-state index in [0.717, 1.165) is 52.6 Å². The van der Waals surface area contributed by atoms with Crippen LogP contribution in [-0.2, 0) is 43.4 Å². The first kappa shape index (κ1) is 38.0. The van der Waals surface area contributed by atoms with Crippen LogP contribution >= 0.6 is 0 Å². The van der Waals surface area contributed by atoms with Gasteiger partial charge in [-0.3, -0.25) is 19.3 Å². The maximum Gasteiger partial charge on any atom is 0.411 e. The number of nitrogen functional groups attached to an aromatic ring is 1. The van der Waals surface area contributed by atoms with E-state index in [0.29, 0.717) is 17.9 Å². The third-order valence-corrected chi connectivity index (χ3v) is 8.84. The first-order chi connectivity index (χ1) is 24.8.